The molecule has 0 atom stereocenters. The van der Waals surface area contributed by atoms with Crippen molar-refractivity contribution in [2.24, 2.45) is 0 Å². The maximum atomic E-state index is 13.5. The highest BCUT2D eigenvalue weighted by molar-refractivity contribution is 7.92. The molecule has 1 N–H and O–H groups in total. The van der Waals surface area contributed by atoms with Gasteiger partial charge < -0.3 is 0 Å². The number of sulfonamides is 1. The molecule has 24 heavy (non-hydrogen) atoms. The van der Waals surface area contributed by atoms with Crippen LogP contribution in [0.1, 0.15) is 0 Å². The zero-order valence-electron chi connectivity index (χ0n) is 12.4. The van der Waals surface area contributed by atoms with Gasteiger partial charge >= 0.3 is 0 Å². The van der Waals surface area contributed by atoms with Crippen molar-refractivity contribution in [3.63, 3.8) is 0 Å². The van der Waals surface area contributed by atoms with Crippen LogP contribution in [0.5, 0.6) is 0 Å². The maximum Gasteiger partial charge on any atom is 0.261 e. The van der Waals surface area contributed by atoms with Gasteiger partial charge in [-0.2, -0.15) is 0 Å². The SMILES string of the molecule is O=S(=O)(Nc1ccccc1-c1cc(F)cc(F)c1)c1ccccc1. The van der Waals surface area contributed by atoms with Gasteiger partial charge in [-0.05, 0) is 35.9 Å². The molecule has 0 aliphatic rings. The van der Waals surface area contributed by atoms with E-state index in [0.717, 1.165) is 18.2 Å². The molecule has 3 aromatic rings. The molecule has 0 aliphatic heterocycles. The van der Waals surface area contributed by atoms with Crippen LogP contribution in [0.15, 0.2) is 77.7 Å². The Hall–Kier alpha value is -2.73. The second-order valence-electron chi connectivity index (χ2n) is 5.12. The summed E-state index contributed by atoms with van der Waals surface area (Å²) in [5.74, 6) is -1.46. The van der Waals surface area contributed by atoms with Gasteiger partial charge in [0.15, 0.2) is 0 Å². The van der Waals surface area contributed by atoms with E-state index in [1.165, 1.54) is 12.1 Å². The summed E-state index contributed by atoms with van der Waals surface area (Å²) < 4.78 is 54.3. The van der Waals surface area contributed by atoms with Gasteiger partial charge in [0.05, 0.1) is 10.6 Å². The second-order valence-corrected chi connectivity index (χ2v) is 6.80. The fraction of sp³-hybridized carbons (Fsp3) is 0. The van der Waals surface area contributed by atoms with E-state index in [9.17, 15) is 17.2 Å². The first kappa shape index (κ1) is 16.1. The molecule has 0 saturated heterocycles. The van der Waals surface area contributed by atoms with Gasteiger partial charge in [0.2, 0.25) is 0 Å². The average molecular weight is 345 g/mol. The number of anilines is 1. The summed E-state index contributed by atoms with van der Waals surface area (Å²) >= 11 is 0. The monoisotopic (exact) mass is 345 g/mol. The molecule has 0 spiro atoms. The molecule has 0 unspecified atom stereocenters. The van der Waals surface area contributed by atoms with Crippen LogP contribution >= 0.6 is 0 Å². The summed E-state index contributed by atoms with van der Waals surface area (Å²) in [7, 11) is -3.80. The molecular formula is C18H13F2NO2S. The molecule has 0 fully saturated rings. The normalized spacial score (nSPS) is 11.2. The third-order valence-electron chi connectivity index (χ3n) is 3.40. The van der Waals surface area contributed by atoms with E-state index in [1.54, 1.807) is 42.5 Å². The van der Waals surface area contributed by atoms with Crippen LogP contribution in [0.25, 0.3) is 11.1 Å². The summed E-state index contributed by atoms with van der Waals surface area (Å²) in [5, 5.41) is 0. The maximum absolute atomic E-state index is 13.5. The number of benzene rings is 3. The molecule has 0 saturated carbocycles. The van der Waals surface area contributed by atoms with Gasteiger partial charge in [0.25, 0.3) is 10.0 Å². The highest BCUT2D eigenvalue weighted by Gasteiger charge is 2.16. The lowest BCUT2D eigenvalue weighted by Gasteiger charge is -2.13. The Morgan fingerprint density at radius 1 is 0.750 bits per heavy atom. The van der Waals surface area contributed by atoms with Crippen molar-refractivity contribution in [2.45, 2.75) is 4.90 Å². The minimum atomic E-state index is -3.80. The molecule has 122 valence electrons. The summed E-state index contributed by atoms with van der Waals surface area (Å²) in [6.07, 6.45) is 0. The van der Waals surface area contributed by atoms with Crippen molar-refractivity contribution in [1.29, 1.82) is 0 Å². The highest BCUT2D eigenvalue weighted by Crippen LogP contribution is 2.30. The summed E-state index contributed by atoms with van der Waals surface area (Å²) in [6, 6.07) is 17.4. The van der Waals surface area contributed by atoms with E-state index < -0.39 is 21.7 Å². The fourth-order valence-corrected chi connectivity index (χ4v) is 3.44. The third kappa shape index (κ3) is 3.44. The largest absolute Gasteiger partial charge is 0.279 e. The Morgan fingerprint density at radius 3 is 2.00 bits per heavy atom. The zero-order chi connectivity index (χ0) is 17.2. The summed E-state index contributed by atoms with van der Waals surface area (Å²) in [6.45, 7) is 0. The quantitative estimate of drug-likeness (QED) is 0.760. The Kier molecular flexibility index (Phi) is 4.31. The van der Waals surface area contributed by atoms with Crippen LogP contribution in [0.4, 0.5) is 14.5 Å². The Morgan fingerprint density at radius 2 is 1.33 bits per heavy atom. The fourth-order valence-electron chi connectivity index (χ4n) is 2.34. The van der Waals surface area contributed by atoms with Crippen molar-refractivity contribution in [3.05, 3.63) is 84.4 Å². The minimum absolute atomic E-state index is 0.102. The van der Waals surface area contributed by atoms with E-state index in [0.29, 0.717) is 5.56 Å². The van der Waals surface area contributed by atoms with Gasteiger partial charge in [-0.1, -0.05) is 36.4 Å². The number of rotatable bonds is 4. The van der Waals surface area contributed by atoms with Crippen molar-refractivity contribution in [3.8, 4) is 11.1 Å². The first-order valence-electron chi connectivity index (χ1n) is 7.09. The van der Waals surface area contributed by atoms with Gasteiger partial charge in [-0.3, -0.25) is 4.72 Å². The lowest BCUT2D eigenvalue weighted by molar-refractivity contribution is 0.584. The van der Waals surface area contributed by atoms with E-state index in [2.05, 4.69) is 4.72 Å². The topological polar surface area (TPSA) is 46.2 Å². The van der Waals surface area contributed by atoms with Crippen molar-refractivity contribution in [1.82, 2.24) is 0 Å². The molecule has 3 aromatic carbocycles. The van der Waals surface area contributed by atoms with Crippen LogP contribution in [0.2, 0.25) is 0 Å². The van der Waals surface area contributed by atoms with Gasteiger partial charge in [-0.25, -0.2) is 17.2 Å². The van der Waals surface area contributed by atoms with Crippen molar-refractivity contribution < 1.29 is 17.2 Å². The van der Waals surface area contributed by atoms with Crippen LogP contribution in [0.3, 0.4) is 0 Å². The van der Waals surface area contributed by atoms with Crippen molar-refractivity contribution >= 4 is 15.7 Å². The first-order chi connectivity index (χ1) is 11.5. The molecular weight excluding hydrogens is 332 g/mol. The number of hydrogen-bond donors (Lipinski definition) is 1. The molecule has 0 heterocycles. The molecule has 6 heteroatoms. The second kappa shape index (κ2) is 6.41. The predicted molar refractivity (Wildman–Crippen MR) is 89.0 cm³/mol. The molecule has 0 bridgehead atoms. The van der Waals surface area contributed by atoms with Gasteiger partial charge in [-0.15, -0.1) is 0 Å². The standard InChI is InChI=1S/C18H13F2NO2S/c19-14-10-13(11-15(20)12-14)17-8-4-5-9-18(17)21-24(22,23)16-6-2-1-3-7-16/h1-12,21H. The lowest BCUT2D eigenvalue weighted by atomic mass is 10.0. The smallest absolute Gasteiger partial charge is 0.261 e. The van der Waals surface area contributed by atoms with Gasteiger partial charge in [0, 0.05) is 11.6 Å². The number of nitrogens with one attached hydrogen (secondary N) is 1. The predicted octanol–water partition coefficient (Wildman–Crippen LogP) is 4.43. The van der Waals surface area contributed by atoms with Crippen molar-refractivity contribution in [2.75, 3.05) is 4.72 Å². The lowest BCUT2D eigenvalue weighted by Crippen LogP contribution is -2.13. The molecule has 0 aliphatic carbocycles. The molecule has 0 radical (unpaired) electrons. The van der Waals surface area contributed by atoms with E-state index in [4.69, 9.17) is 0 Å². The van der Waals surface area contributed by atoms with Crippen LogP contribution in [-0.2, 0) is 10.0 Å². The Labute approximate surface area is 138 Å². The summed E-state index contributed by atoms with van der Waals surface area (Å²) in [5.41, 5.74) is 0.876. The third-order valence-corrected chi connectivity index (χ3v) is 4.78. The number of halogens is 2. The Balaban J connectivity index is 2.04. The van der Waals surface area contributed by atoms with E-state index >= 15 is 0 Å². The zero-order valence-corrected chi connectivity index (χ0v) is 13.2. The number of hydrogen-bond acceptors (Lipinski definition) is 2. The van der Waals surface area contributed by atoms with E-state index in [1.807, 2.05) is 0 Å². The molecule has 0 amide bonds. The Bertz CT molecular complexity index is 953. The van der Waals surface area contributed by atoms with Crippen LogP contribution in [-0.4, -0.2) is 8.42 Å². The summed E-state index contributed by atoms with van der Waals surface area (Å²) in [4.78, 5) is 0.102. The van der Waals surface area contributed by atoms with Crippen LogP contribution < -0.4 is 4.72 Å². The first-order valence-corrected chi connectivity index (χ1v) is 8.57. The van der Waals surface area contributed by atoms with Gasteiger partial charge in [0.1, 0.15) is 11.6 Å². The number of para-hydroxylation sites is 1. The average Bonchev–Trinajstić information content (AvgIpc) is 2.55. The molecule has 3 nitrogen and oxygen atoms in total. The molecule has 0 aromatic heterocycles. The van der Waals surface area contributed by atoms with E-state index in [-0.39, 0.29) is 16.1 Å². The van der Waals surface area contributed by atoms with Crippen LogP contribution in [0, 0.1) is 11.6 Å². The highest BCUT2D eigenvalue weighted by atomic mass is 32.2. The minimum Gasteiger partial charge on any atom is -0.279 e. The molecule has 3 rings (SSSR count).